The highest BCUT2D eigenvalue weighted by molar-refractivity contribution is 7.99. The summed E-state index contributed by atoms with van der Waals surface area (Å²) in [6.07, 6.45) is 0. The van der Waals surface area contributed by atoms with Crippen molar-refractivity contribution in [2.24, 2.45) is 0 Å². The number of nitrogens with one attached hydrogen (secondary N) is 2. The van der Waals surface area contributed by atoms with Gasteiger partial charge in [0.1, 0.15) is 5.82 Å². The Kier molecular flexibility index (Phi) is 7.41. The van der Waals surface area contributed by atoms with E-state index >= 15 is 0 Å². The van der Waals surface area contributed by atoms with Crippen LogP contribution in [0.15, 0.2) is 47.6 Å². The zero-order chi connectivity index (χ0) is 22.4. The molecule has 0 saturated carbocycles. The topological polar surface area (TPSA) is 88.9 Å². The Hall–Kier alpha value is -3.20. The summed E-state index contributed by atoms with van der Waals surface area (Å²) in [5, 5.41) is 14.5. The molecule has 2 N–H and O–H groups in total. The molecule has 3 rings (SSSR count). The molecular formula is C22H24FN5O2S. The van der Waals surface area contributed by atoms with Crippen LogP contribution < -0.4 is 10.6 Å². The van der Waals surface area contributed by atoms with Gasteiger partial charge in [0.15, 0.2) is 11.0 Å². The van der Waals surface area contributed by atoms with Gasteiger partial charge in [-0.2, -0.15) is 0 Å². The molecule has 0 aliphatic carbocycles. The van der Waals surface area contributed by atoms with Crippen molar-refractivity contribution in [1.82, 2.24) is 20.1 Å². The second-order valence-corrected chi connectivity index (χ2v) is 7.83. The number of aryl methyl sites for hydroxylation is 1. The molecule has 0 bridgehead atoms. The van der Waals surface area contributed by atoms with Gasteiger partial charge in [-0.05, 0) is 44.5 Å². The first kappa shape index (κ1) is 22.5. The lowest BCUT2D eigenvalue weighted by molar-refractivity contribution is -0.113. The predicted molar refractivity (Wildman–Crippen MR) is 119 cm³/mol. The van der Waals surface area contributed by atoms with Gasteiger partial charge in [0.2, 0.25) is 5.91 Å². The lowest BCUT2D eigenvalue weighted by atomic mass is 10.1. The van der Waals surface area contributed by atoms with Gasteiger partial charge in [-0.15, -0.1) is 10.2 Å². The molecule has 0 atom stereocenters. The number of rotatable bonds is 8. The van der Waals surface area contributed by atoms with Gasteiger partial charge in [0.25, 0.3) is 5.91 Å². The Morgan fingerprint density at radius 1 is 1.10 bits per heavy atom. The summed E-state index contributed by atoms with van der Waals surface area (Å²) in [5.41, 5.74) is 2.35. The first-order chi connectivity index (χ1) is 14.9. The summed E-state index contributed by atoms with van der Waals surface area (Å²) in [7, 11) is 0. The third kappa shape index (κ3) is 5.49. The van der Waals surface area contributed by atoms with Gasteiger partial charge in [0, 0.05) is 23.4 Å². The molecular weight excluding hydrogens is 417 g/mol. The highest BCUT2D eigenvalue weighted by atomic mass is 32.2. The maximum Gasteiger partial charge on any atom is 0.251 e. The molecule has 2 aromatic carbocycles. The minimum absolute atomic E-state index is 0.101. The van der Waals surface area contributed by atoms with E-state index in [0.29, 0.717) is 34.3 Å². The van der Waals surface area contributed by atoms with E-state index in [0.717, 1.165) is 5.56 Å². The predicted octanol–water partition coefficient (Wildman–Crippen LogP) is 3.71. The highest BCUT2D eigenvalue weighted by Crippen LogP contribution is 2.20. The SMILES string of the molecule is CCn1c(CNC(=O)c2ccccc2C)nnc1SCC(=O)Nc1cccc(F)c1C. The normalized spacial score (nSPS) is 10.7. The van der Waals surface area contributed by atoms with Crippen LogP contribution in [0.1, 0.15) is 34.2 Å². The summed E-state index contributed by atoms with van der Waals surface area (Å²) in [6, 6.07) is 11.9. The number of aromatic nitrogens is 3. The molecule has 0 aliphatic heterocycles. The molecule has 7 nitrogen and oxygen atoms in total. The number of halogens is 1. The van der Waals surface area contributed by atoms with E-state index in [9.17, 15) is 14.0 Å². The van der Waals surface area contributed by atoms with E-state index in [1.165, 1.54) is 17.8 Å². The van der Waals surface area contributed by atoms with Crippen molar-refractivity contribution in [3.63, 3.8) is 0 Å². The minimum atomic E-state index is -0.367. The number of amides is 2. The Bertz CT molecular complexity index is 1100. The van der Waals surface area contributed by atoms with Crippen molar-refractivity contribution in [3.8, 4) is 0 Å². The Morgan fingerprint density at radius 3 is 2.61 bits per heavy atom. The summed E-state index contributed by atoms with van der Waals surface area (Å²) < 4.78 is 15.5. The summed E-state index contributed by atoms with van der Waals surface area (Å²) in [6.45, 7) is 6.26. The molecule has 1 heterocycles. The maximum atomic E-state index is 13.6. The molecule has 9 heteroatoms. The number of hydrogen-bond donors (Lipinski definition) is 2. The molecule has 2 amide bonds. The largest absolute Gasteiger partial charge is 0.345 e. The average molecular weight is 442 g/mol. The van der Waals surface area contributed by atoms with E-state index in [2.05, 4.69) is 20.8 Å². The average Bonchev–Trinajstić information content (AvgIpc) is 3.16. The van der Waals surface area contributed by atoms with Crippen LogP contribution in [0.25, 0.3) is 0 Å². The summed E-state index contributed by atoms with van der Waals surface area (Å²) in [4.78, 5) is 24.7. The van der Waals surface area contributed by atoms with Gasteiger partial charge >= 0.3 is 0 Å². The molecule has 0 spiro atoms. The summed E-state index contributed by atoms with van der Waals surface area (Å²) >= 11 is 1.23. The first-order valence-electron chi connectivity index (χ1n) is 9.84. The van der Waals surface area contributed by atoms with Gasteiger partial charge < -0.3 is 15.2 Å². The molecule has 0 aliphatic rings. The van der Waals surface area contributed by atoms with E-state index in [-0.39, 0.29) is 29.9 Å². The fraction of sp³-hybridized carbons (Fsp3) is 0.273. The number of hydrogen-bond acceptors (Lipinski definition) is 5. The second-order valence-electron chi connectivity index (χ2n) is 6.89. The quantitative estimate of drug-likeness (QED) is 0.520. The smallest absolute Gasteiger partial charge is 0.251 e. The van der Waals surface area contributed by atoms with E-state index in [1.54, 1.807) is 25.1 Å². The van der Waals surface area contributed by atoms with Crippen LogP contribution in [0.2, 0.25) is 0 Å². The monoisotopic (exact) mass is 441 g/mol. The van der Waals surface area contributed by atoms with Crippen molar-refractivity contribution in [1.29, 1.82) is 0 Å². The Labute approximate surface area is 184 Å². The molecule has 1 aromatic heterocycles. The Morgan fingerprint density at radius 2 is 1.87 bits per heavy atom. The van der Waals surface area contributed by atoms with Crippen molar-refractivity contribution in [2.75, 3.05) is 11.1 Å². The number of benzene rings is 2. The van der Waals surface area contributed by atoms with Crippen LogP contribution >= 0.6 is 11.8 Å². The van der Waals surface area contributed by atoms with E-state index in [1.807, 2.05) is 36.6 Å². The Balaban J connectivity index is 1.59. The van der Waals surface area contributed by atoms with Crippen molar-refractivity contribution >= 4 is 29.3 Å². The van der Waals surface area contributed by atoms with Crippen molar-refractivity contribution < 1.29 is 14.0 Å². The van der Waals surface area contributed by atoms with Crippen LogP contribution in [0.3, 0.4) is 0 Å². The van der Waals surface area contributed by atoms with Crippen LogP contribution in [-0.4, -0.2) is 32.3 Å². The molecule has 0 saturated heterocycles. The van der Waals surface area contributed by atoms with E-state index < -0.39 is 0 Å². The van der Waals surface area contributed by atoms with Gasteiger partial charge in [-0.3, -0.25) is 9.59 Å². The van der Waals surface area contributed by atoms with Gasteiger partial charge in [0.05, 0.1) is 12.3 Å². The van der Waals surface area contributed by atoms with Crippen molar-refractivity contribution in [2.45, 2.75) is 39.0 Å². The standard InChI is InChI=1S/C22H24FN5O2S/c1-4-28-19(12-24-21(30)16-9-6-5-8-14(16)2)26-27-22(28)31-13-20(29)25-18-11-7-10-17(23)15(18)3/h5-11H,4,12-13H2,1-3H3,(H,24,30)(H,25,29). The zero-order valence-corrected chi connectivity index (χ0v) is 18.4. The number of thioether (sulfide) groups is 1. The third-order valence-electron chi connectivity index (χ3n) is 4.78. The molecule has 3 aromatic rings. The fourth-order valence-corrected chi connectivity index (χ4v) is 3.84. The fourth-order valence-electron chi connectivity index (χ4n) is 3.02. The van der Waals surface area contributed by atoms with Crippen molar-refractivity contribution in [3.05, 3.63) is 70.8 Å². The van der Waals surface area contributed by atoms with Crippen LogP contribution in [0.4, 0.5) is 10.1 Å². The van der Waals surface area contributed by atoms with Crippen LogP contribution in [0.5, 0.6) is 0 Å². The van der Waals surface area contributed by atoms with Crippen LogP contribution in [-0.2, 0) is 17.9 Å². The molecule has 0 fully saturated rings. The summed E-state index contributed by atoms with van der Waals surface area (Å²) in [5.74, 6) is -0.104. The highest BCUT2D eigenvalue weighted by Gasteiger charge is 2.15. The molecule has 0 radical (unpaired) electrons. The van der Waals surface area contributed by atoms with Crippen LogP contribution in [0, 0.1) is 19.7 Å². The molecule has 162 valence electrons. The van der Waals surface area contributed by atoms with Gasteiger partial charge in [-0.25, -0.2) is 4.39 Å². The first-order valence-corrected chi connectivity index (χ1v) is 10.8. The second kappa shape index (κ2) is 10.2. The zero-order valence-electron chi connectivity index (χ0n) is 17.6. The number of anilines is 1. The minimum Gasteiger partial charge on any atom is -0.345 e. The number of carbonyl (C=O) groups is 2. The molecule has 0 unspecified atom stereocenters. The lowest BCUT2D eigenvalue weighted by Gasteiger charge is -2.10. The van der Waals surface area contributed by atoms with Gasteiger partial charge in [-0.1, -0.05) is 36.0 Å². The lowest BCUT2D eigenvalue weighted by Crippen LogP contribution is -2.25. The number of nitrogens with zero attached hydrogens (tertiary/aromatic N) is 3. The van der Waals surface area contributed by atoms with E-state index in [4.69, 9.17) is 0 Å². The molecule has 31 heavy (non-hydrogen) atoms. The maximum absolute atomic E-state index is 13.6. The third-order valence-corrected chi connectivity index (χ3v) is 5.75. The number of carbonyl (C=O) groups excluding carboxylic acids is 2.